The van der Waals surface area contributed by atoms with Crippen LogP contribution in [0.15, 0.2) is 24.3 Å². The zero-order valence-electron chi connectivity index (χ0n) is 13.5. The largest absolute Gasteiger partial charge is 0.491 e. The Labute approximate surface area is 136 Å². The van der Waals surface area contributed by atoms with Gasteiger partial charge in [0.2, 0.25) is 0 Å². The molecule has 0 aliphatic carbocycles. The van der Waals surface area contributed by atoms with E-state index in [0.29, 0.717) is 31.0 Å². The topological polar surface area (TPSA) is 79.2 Å². The molecule has 0 aromatic heterocycles. The Morgan fingerprint density at radius 1 is 1.39 bits per heavy atom. The summed E-state index contributed by atoms with van der Waals surface area (Å²) in [5, 5.41) is 19.7. The fourth-order valence-corrected chi connectivity index (χ4v) is 2.64. The maximum Gasteiger partial charge on any atom is 0.338 e. The van der Waals surface area contributed by atoms with Gasteiger partial charge in [-0.15, -0.1) is 0 Å². The number of aliphatic hydroxyl groups excluding tert-OH is 2. The molecule has 1 aromatic rings. The number of carbonyl (C=O) groups is 1. The lowest BCUT2D eigenvalue weighted by atomic mass is 10.1. The fraction of sp³-hybridized carbons (Fsp3) is 0.588. The molecule has 1 aliphatic heterocycles. The van der Waals surface area contributed by atoms with Crippen molar-refractivity contribution in [3.8, 4) is 5.75 Å². The number of rotatable bonds is 7. The summed E-state index contributed by atoms with van der Waals surface area (Å²) < 4.78 is 10.5. The molecular weight excluding hydrogens is 298 g/mol. The highest BCUT2D eigenvalue weighted by Gasteiger charge is 2.20. The van der Waals surface area contributed by atoms with Crippen LogP contribution in [0.25, 0.3) is 0 Å². The number of likely N-dealkylation sites (tertiary alicyclic amines) is 1. The molecule has 0 saturated carbocycles. The van der Waals surface area contributed by atoms with Crippen molar-refractivity contribution < 1.29 is 24.5 Å². The summed E-state index contributed by atoms with van der Waals surface area (Å²) in [5.74, 6) is 0.235. The second-order valence-electron chi connectivity index (χ2n) is 5.77. The summed E-state index contributed by atoms with van der Waals surface area (Å²) in [4.78, 5) is 13.6. The zero-order valence-corrected chi connectivity index (χ0v) is 13.5. The van der Waals surface area contributed by atoms with Gasteiger partial charge < -0.3 is 19.7 Å². The first-order valence-electron chi connectivity index (χ1n) is 8.07. The normalized spacial score (nSPS) is 20.0. The van der Waals surface area contributed by atoms with E-state index < -0.39 is 6.10 Å². The van der Waals surface area contributed by atoms with Crippen LogP contribution in [0.2, 0.25) is 0 Å². The van der Waals surface area contributed by atoms with Crippen LogP contribution in [0.5, 0.6) is 5.75 Å². The Bertz CT molecular complexity index is 490. The summed E-state index contributed by atoms with van der Waals surface area (Å²) in [6, 6.07) is 6.65. The van der Waals surface area contributed by atoms with Gasteiger partial charge in [0, 0.05) is 13.1 Å². The number of esters is 1. The Balaban J connectivity index is 1.75. The minimum absolute atomic E-state index is 0.172. The van der Waals surface area contributed by atoms with Crippen LogP contribution < -0.4 is 4.74 Å². The SMILES string of the molecule is CCOC(=O)c1ccc(OC[C@H](O)CN2CCC[C@@H](O)C2)cc1. The van der Waals surface area contributed by atoms with E-state index >= 15 is 0 Å². The molecule has 1 aromatic carbocycles. The summed E-state index contributed by atoms with van der Waals surface area (Å²) in [7, 11) is 0. The van der Waals surface area contributed by atoms with Gasteiger partial charge in [0.05, 0.1) is 18.3 Å². The molecule has 0 spiro atoms. The van der Waals surface area contributed by atoms with Crippen molar-refractivity contribution in [3.63, 3.8) is 0 Å². The molecule has 6 heteroatoms. The third-order valence-corrected chi connectivity index (χ3v) is 3.76. The zero-order chi connectivity index (χ0) is 16.7. The Hall–Kier alpha value is -1.63. The minimum Gasteiger partial charge on any atom is -0.491 e. The van der Waals surface area contributed by atoms with Gasteiger partial charge in [-0.25, -0.2) is 4.79 Å². The monoisotopic (exact) mass is 323 g/mol. The lowest BCUT2D eigenvalue weighted by molar-refractivity contribution is 0.0243. The first kappa shape index (κ1) is 17.7. The average Bonchev–Trinajstić information content (AvgIpc) is 2.54. The number of carbonyl (C=O) groups excluding carboxylic acids is 1. The van der Waals surface area contributed by atoms with Crippen LogP contribution >= 0.6 is 0 Å². The third kappa shape index (κ3) is 5.82. The first-order chi connectivity index (χ1) is 11.1. The van der Waals surface area contributed by atoms with Gasteiger partial charge in [0.1, 0.15) is 18.5 Å². The lowest BCUT2D eigenvalue weighted by Crippen LogP contribution is -2.43. The van der Waals surface area contributed by atoms with E-state index in [9.17, 15) is 15.0 Å². The average molecular weight is 323 g/mol. The molecule has 1 heterocycles. The molecule has 2 rings (SSSR count). The van der Waals surface area contributed by atoms with Crippen LogP contribution in [0.1, 0.15) is 30.1 Å². The van der Waals surface area contributed by atoms with Crippen molar-refractivity contribution in [3.05, 3.63) is 29.8 Å². The standard InChI is InChI=1S/C17H25NO5/c1-2-22-17(21)13-5-7-16(8-6-13)23-12-15(20)11-18-9-3-4-14(19)10-18/h5-8,14-15,19-20H,2-4,9-12H2,1H3/t14-,15-/m1/s1. The van der Waals surface area contributed by atoms with E-state index in [1.54, 1.807) is 31.2 Å². The molecule has 1 saturated heterocycles. The van der Waals surface area contributed by atoms with E-state index in [0.717, 1.165) is 19.4 Å². The number of piperidine rings is 1. The van der Waals surface area contributed by atoms with Gasteiger partial charge in [-0.1, -0.05) is 0 Å². The molecule has 1 fully saturated rings. The van der Waals surface area contributed by atoms with Crippen LogP contribution in [-0.2, 0) is 4.74 Å². The second-order valence-corrected chi connectivity index (χ2v) is 5.77. The fourth-order valence-electron chi connectivity index (χ4n) is 2.64. The maximum atomic E-state index is 11.5. The molecule has 1 aliphatic rings. The summed E-state index contributed by atoms with van der Waals surface area (Å²) in [5.41, 5.74) is 0.474. The van der Waals surface area contributed by atoms with Gasteiger partial charge in [-0.2, -0.15) is 0 Å². The van der Waals surface area contributed by atoms with Gasteiger partial charge in [-0.05, 0) is 50.6 Å². The van der Waals surface area contributed by atoms with E-state index in [4.69, 9.17) is 9.47 Å². The smallest absolute Gasteiger partial charge is 0.338 e. The van der Waals surface area contributed by atoms with Crippen LogP contribution in [0.4, 0.5) is 0 Å². The highest BCUT2D eigenvalue weighted by molar-refractivity contribution is 5.89. The van der Waals surface area contributed by atoms with Crippen LogP contribution in [0.3, 0.4) is 0 Å². The number of hydrogen-bond acceptors (Lipinski definition) is 6. The molecule has 0 amide bonds. The second kappa shape index (κ2) is 8.86. The number of ether oxygens (including phenoxy) is 2. The summed E-state index contributed by atoms with van der Waals surface area (Å²) in [6.07, 6.45) is 0.859. The number of β-amino-alcohol motifs (C(OH)–C–C–N with tert-alkyl or cyclic N) is 2. The maximum absolute atomic E-state index is 11.5. The van der Waals surface area contributed by atoms with Crippen molar-refractivity contribution in [1.82, 2.24) is 4.90 Å². The molecule has 0 radical (unpaired) electrons. The predicted octanol–water partition coefficient (Wildman–Crippen LogP) is 1.06. The molecule has 6 nitrogen and oxygen atoms in total. The van der Waals surface area contributed by atoms with Crippen molar-refractivity contribution in [2.24, 2.45) is 0 Å². The molecule has 2 N–H and O–H groups in total. The number of nitrogens with zero attached hydrogens (tertiary/aromatic N) is 1. The Kier molecular flexibility index (Phi) is 6.83. The highest BCUT2D eigenvalue weighted by atomic mass is 16.5. The minimum atomic E-state index is -0.620. The van der Waals surface area contributed by atoms with Crippen LogP contribution in [-0.4, -0.2) is 66.1 Å². The molecular formula is C17H25NO5. The Morgan fingerprint density at radius 3 is 2.78 bits per heavy atom. The van der Waals surface area contributed by atoms with Crippen molar-refractivity contribution >= 4 is 5.97 Å². The van der Waals surface area contributed by atoms with E-state index in [2.05, 4.69) is 0 Å². The van der Waals surface area contributed by atoms with Gasteiger partial charge in [0.25, 0.3) is 0 Å². The van der Waals surface area contributed by atoms with Crippen LogP contribution in [0, 0.1) is 0 Å². The number of benzene rings is 1. The Morgan fingerprint density at radius 2 is 2.13 bits per heavy atom. The van der Waals surface area contributed by atoms with Crippen molar-refractivity contribution in [2.45, 2.75) is 32.0 Å². The summed E-state index contributed by atoms with van der Waals surface area (Å²) in [6.45, 7) is 4.25. The van der Waals surface area contributed by atoms with E-state index in [1.165, 1.54) is 0 Å². The summed E-state index contributed by atoms with van der Waals surface area (Å²) >= 11 is 0. The molecule has 0 bridgehead atoms. The van der Waals surface area contributed by atoms with Gasteiger partial charge in [0.15, 0.2) is 0 Å². The first-order valence-corrected chi connectivity index (χ1v) is 8.07. The lowest BCUT2D eigenvalue weighted by Gasteiger charge is -2.31. The number of aliphatic hydroxyl groups is 2. The molecule has 128 valence electrons. The molecule has 0 unspecified atom stereocenters. The molecule has 2 atom stereocenters. The third-order valence-electron chi connectivity index (χ3n) is 3.76. The van der Waals surface area contributed by atoms with Crippen molar-refractivity contribution in [2.75, 3.05) is 32.8 Å². The molecule has 23 heavy (non-hydrogen) atoms. The highest BCUT2D eigenvalue weighted by Crippen LogP contribution is 2.14. The quantitative estimate of drug-likeness (QED) is 0.731. The van der Waals surface area contributed by atoms with Gasteiger partial charge >= 0.3 is 5.97 Å². The van der Waals surface area contributed by atoms with Crippen molar-refractivity contribution in [1.29, 1.82) is 0 Å². The number of hydrogen-bond donors (Lipinski definition) is 2. The van der Waals surface area contributed by atoms with Gasteiger partial charge in [-0.3, -0.25) is 4.90 Å². The predicted molar refractivity (Wildman–Crippen MR) is 85.6 cm³/mol. The van der Waals surface area contributed by atoms with E-state index in [-0.39, 0.29) is 18.7 Å². The van der Waals surface area contributed by atoms with E-state index in [1.807, 2.05) is 4.90 Å².